The van der Waals surface area contributed by atoms with Crippen LogP contribution in [0.2, 0.25) is 5.02 Å². The highest BCUT2D eigenvalue weighted by molar-refractivity contribution is 6.31. The van der Waals surface area contributed by atoms with Gasteiger partial charge in [-0.15, -0.1) is 0 Å². The Morgan fingerprint density at radius 2 is 1.39 bits per heavy atom. The maximum atomic E-state index is 13.9. The van der Waals surface area contributed by atoms with E-state index in [1.165, 1.54) is 4.90 Å². The van der Waals surface area contributed by atoms with Crippen molar-refractivity contribution in [3.05, 3.63) is 100 Å². The second-order valence-corrected chi connectivity index (χ2v) is 8.94. The number of carbonyl (C=O) groups excluding carboxylic acids is 3. The monoisotopic (exact) mass is 427 g/mol. The van der Waals surface area contributed by atoms with Crippen LogP contribution in [0.4, 0.5) is 5.69 Å². The summed E-state index contributed by atoms with van der Waals surface area (Å²) in [6.07, 6.45) is 0. The number of imide groups is 1. The number of hydrogen-bond acceptors (Lipinski definition) is 3. The van der Waals surface area contributed by atoms with Gasteiger partial charge >= 0.3 is 0 Å². The summed E-state index contributed by atoms with van der Waals surface area (Å²) < 4.78 is 0. The van der Waals surface area contributed by atoms with Crippen molar-refractivity contribution in [1.82, 2.24) is 0 Å². The summed E-state index contributed by atoms with van der Waals surface area (Å²) in [7, 11) is 0. The molecule has 0 spiro atoms. The van der Waals surface area contributed by atoms with Gasteiger partial charge in [0.1, 0.15) is 5.78 Å². The first kappa shape index (κ1) is 18.5. The van der Waals surface area contributed by atoms with E-state index in [0.717, 1.165) is 22.3 Å². The minimum absolute atomic E-state index is 0.111. The van der Waals surface area contributed by atoms with Gasteiger partial charge in [0.25, 0.3) is 0 Å². The van der Waals surface area contributed by atoms with Gasteiger partial charge in [-0.2, -0.15) is 0 Å². The van der Waals surface area contributed by atoms with Crippen LogP contribution in [-0.4, -0.2) is 17.6 Å². The third-order valence-corrected chi connectivity index (χ3v) is 7.51. The molecular weight excluding hydrogens is 410 g/mol. The Bertz CT molecular complexity index is 1250. The molecule has 152 valence electrons. The molecule has 1 fully saturated rings. The molecule has 2 amide bonds. The van der Waals surface area contributed by atoms with E-state index in [1.54, 1.807) is 31.2 Å². The van der Waals surface area contributed by atoms with Gasteiger partial charge in [-0.1, -0.05) is 60.1 Å². The Kier molecular flexibility index (Phi) is 3.67. The van der Waals surface area contributed by atoms with Crippen molar-refractivity contribution < 1.29 is 14.4 Å². The summed E-state index contributed by atoms with van der Waals surface area (Å²) >= 11 is 6.02. The van der Waals surface area contributed by atoms with Gasteiger partial charge in [-0.05, 0) is 53.4 Å². The van der Waals surface area contributed by atoms with Crippen LogP contribution in [0.5, 0.6) is 0 Å². The Hall–Kier alpha value is -3.24. The van der Waals surface area contributed by atoms with Gasteiger partial charge in [-0.3, -0.25) is 14.4 Å². The van der Waals surface area contributed by atoms with Crippen LogP contribution in [-0.2, 0) is 19.8 Å². The van der Waals surface area contributed by atoms with E-state index in [2.05, 4.69) is 0 Å². The number of amides is 2. The average Bonchev–Trinajstić information content (AvgIpc) is 3.05. The van der Waals surface area contributed by atoms with E-state index >= 15 is 0 Å². The molecule has 31 heavy (non-hydrogen) atoms. The van der Waals surface area contributed by atoms with E-state index in [4.69, 9.17) is 11.6 Å². The lowest BCUT2D eigenvalue weighted by Crippen LogP contribution is -2.57. The lowest BCUT2D eigenvalue weighted by atomic mass is 9.46. The third-order valence-electron chi connectivity index (χ3n) is 7.26. The summed E-state index contributed by atoms with van der Waals surface area (Å²) in [4.78, 5) is 42.4. The largest absolute Gasteiger partial charge is 0.299 e. The van der Waals surface area contributed by atoms with E-state index in [0.29, 0.717) is 10.7 Å². The first-order valence-corrected chi connectivity index (χ1v) is 10.7. The maximum Gasteiger partial charge on any atom is 0.239 e. The quantitative estimate of drug-likeness (QED) is 0.566. The molecule has 2 unspecified atom stereocenters. The van der Waals surface area contributed by atoms with Crippen molar-refractivity contribution in [2.24, 2.45) is 11.8 Å². The Balaban J connectivity index is 1.67. The standard InChI is InChI=1S/C26H18ClNO3/c1-14(29)26-19-8-4-2-6-17(19)21(18-7-3-5-9-20(18)26)22-23(26)25(31)28(24(22)30)16-12-10-15(27)11-13-16/h2-13,21-23H,1H3. The van der Waals surface area contributed by atoms with Gasteiger partial charge in [0.15, 0.2) is 0 Å². The highest BCUT2D eigenvalue weighted by Gasteiger charge is 2.69. The second-order valence-electron chi connectivity index (χ2n) is 8.51. The topological polar surface area (TPSA) is 54.5 Å². The molecule has 0 saturated carbocycles. The first-order chi connectivity index (χ1) is 15.0. The fourth-order valence-electron chi connectivity index (χ4n) is 6.21. The van der Waals surface area contributed by atoms with Crippen LogP contribution in [0, 0.1) is 11.8 Å². The number of hydrogen-bond donors (Lipinski definition) is 0. The Morgan fingerprint density at radius 3 is 1.94 bits per heavy atom. The minimum Gasteiger partial charge on any atom is -0.299 e. The summed E-state index contributed by atoms with van der Waals surface area (Å²) in [6.45, 7) is 1.54. The number of halogens is 1. The van der Waals surface area contributed by atoms with Gasteiger partial charge in [0.2, 0.25) is 11.8 Å². The molecular formula is C26H18ClNO3. The maximum absolute atomic E-state index is 13.9. The second kappa shape index (κ2) is 6.14. The van der Waals surface area contributed by atoms with Crippen molar-refractivity contribution >= 4 is 34.9 Å². The number of nitrogens with zero attached hydrogens (tertiary/aromatic N) is 1. The van der Waals surface area contributed by atoms with E-state index in [9.17, 15) is 14.4 Å². The van der Waals surface area contributed by atoms with Crippen LogP contribution in [0.25, 0.3) is 0 Å². The summed E-state index contributed by atoms with van der Waals surface area (Å²) in [6, 6.07) is 22.2. The number of carbonyl (C=O) groups is 3. The summed E-state index contributed by atoms with van der Waals surface area (Å²) in [5, 5.41) is 0.528. The number of anilines is 1. The van der Waals surface area contributed by atoms with Crippen molar-refractivity contribution in [2.45, 2.75) is 18.3 Å². The van der Waals surface area contributed by atoms with Gasteiger partial charge in [-0.25, -0.2) is 4.90 Å². The van der Waals surface area contributed by atoms with E-state index < -0.39 is 17.3 Å². The number of benzene rings is 3. The van der Waals surface area contributed by atoms with Gasteiger partial charge in [0, 0.05) is 10.9 Å². The molecule has 7 rings (SSSR count). The third kappa shape index (κ3) is 2.08. The average molecular weight is 428 g/mol. The zero-order chi connectivity index (χ0) is 21.5. The Morgan fingerprint density at radius 1 is 0.839 bits per heavy atom. The zero-order valence-corrected chi connectivity index (χ0v) is 17.5. The lowest BCUT2D eigenvalue weighted by Gasteiger charge is -2.52. The molecule has 5 heteroatoms. The molecule has 2 bridgehead atoms. The van der Waals surface area contributed by atoms with Crippen molar-refractivity contribution in [1.29, 1.82) is 0 Å². The predicted octanol–water partition coefficient (Wildman–Crippen LogP) is 4.48. The summed E-state index contributed by atoms with van der Waals surface area (Å²) in [5.74, 6) is -2.31. The highest BCUT2D eigenvalue weighted by atomic mass is 35.5. The minimum atomic E-state index is -1.17. The molecule has 0 N–H and O–H groups in total. The number of rotatable bonds is 2. The van der Waals surface area contributed by atoms with Crippen molar-refractivity contribution in [3.63, 3.8) is 0 Å². The molecule has 2 atom stereocenters. The first-order valence-electron chi connectivity index (χ1n) is 10.3. The van der Waals surface area contributed by atoms with Crippen LogP contribution < -0.4 is 4.90 Å². The normalized spacial score (nSPS) is 27.7. The Labute approximate surface area is 184 Å². The van der Waals surface area contributed by atoms with Gasteiger partial charge in [0.05, 0.1) is 22.9 Å². The molecule has 3 aliphatic carbocycles. The smallest absolute Gasteiger partial charge is 0.239 e. The van der Waals surface area contributed by atoms with E-state index in [1.807, 2.05) is 48.5 Å². The lowest BCUT2D eigenvalue weighted by molar-refractivity contribution is -0.132. The highest BCUT2D eigenvalue weighted by Crippen LogP contribution is 2.64. The SMILES string of the molecule is CC(=O)C12c3ccccc3C(c3ccccc31)C1C(=O)N(c3ccc(Cl)cc3)C(=O)C12. The van der Waals surface area contributed by atoms with Gasteiger partial charge < -0.3 is 0 Å². The molecule has 4 aliphatic rings. The van der Waals surface area contributed by atoms with Crippen LogP contribution in [0.3, 0.4) is 0 Å². The molecule has 4 nitrogen and oxygen atoms in total. The fraction of sp³-hybridized carbons (Fsp3) is 0.192. The number of Topliss-reactive ketones (excluding diaryl/α,β-unsaturated/α-hetero) is 1. The summed E-state index contributed by atoms with van der Waals surface area (Å²) in [5.41, 5.74) is 2.96. The van der Waals surface area contributed by atoms with Crippen molar-refractivity contribution in [2.75, 3.05) is 4.90 Å². The molecule has 1 saturated heterocycles. The molecule has 3 aromatic rings. The van der Waals surface area contributed by atoms with Crippen molar-refractivity contribution in [3.8, 4) is 0 Å². The zero-order valence-electron chi connectivity index (χ0n) is 16.7. The fourth-order valence-corrected chi connectivity index (χ4v) is 6.34. The number of ketones is 1. The van der Waals surface area contributed by atoms with Crippen LogP contribution in [0.1, 0.15) is 35.1 Å². The van der Waals surface area contributed by atoms with E-state index in [-0.39, 0.29) is 23.5 Å². The predicted molar refractivity (Wildman–Crippen MR) is 117 cm³/mol. The molecule has 0 aromatic heterocycles. The van der Waals surface area contributed by atoms with Crippen LogP contribution >= 0.6 is 11.6 Å². The van der Waals surface area contributed by atoms with Crippen LogP contribution in [0.15, 0.2) is 72.8 Å². The molecule has 1 heterocycles. The molecule has 1 aliphatic heterocycles. The molecule has 0 radical (unpaired) electrons. The molecule has 3 aromatic carbocycles.